The smallest absolute Gasteiger partial charge is 0.264 e. The summed E-state index contributed by atoms with van der Waals surface area (Å²) in [6.45, 7) is 4.85. The van der Waals surface area contributed by atoms with Crippen LogP contribution in [0.2, 0.25) is 0 Å². The molecule has 4 rings (SSSR count). The van der Waals surface area contributed by atoms with Gasteiger partial charge in [0.2, 0.25) is 5.79 Å². The van der Waals surface area contributed by atoms with Crippen LogP contribution < -0.4 is 15.8 Å². The van der Waals surface area contributed by atoms with Crippen molar-refractivity contribution in [1.29, 1.82) is 0 Å². The van der Waals surface area contributed by atoms with Crippen LogP contribution in [0, 0.1) is 0 Å². The minimum Gasteiger partial charge on any atom is -0.484 e. The number of nitrogens with zero attached hydrogens (tertiary/aromatic N) is 1. The Morgan fingerprint density at radius 3 is 2.47 bits per heavy atom. The van der Waals surface area contributed by atoms with Crippen molar-refractivity contribution in [1.82, 2.24) is 10.2 Å². The van der Waals surface area contributed by atoms with E-state index in [1.807, 2.05) is 38.1 Å². The standard InChI is InChI=1S/C24H27N3O5/c1-24(2)31-20-13-27(14-21(20)32-24)22(28)15-30-19-9-5-17(6-10-19)12-26-23(29)18-7-3-16(11-25)4-8-18/h3-10,13,21H,11-12,14-15,25H2,1-2H3,(H,26,29)/t21-/m1/s1. The molecule has 0 bridgehead atoms. The minimum absolute atomic E-state index is 0.0885. The van der Waals surface area contributed by atoms with E-state index in [2.05, 4.69) is 5.32 Å². The lowest BCUT2D eigenvalue weighted by Gasteiger charge is -2.20. The highest BCUT2D eigenvalue weighted by Gasteiger charge is 2.43. The number of carbonyl (C=O) groups is 2. The number of rotatable bonds is 7. The van der Waals surface area contributed by atoms with Crippen molar-refractivity contribution in [3.63, 3.8) is 0 Å². The van der Waals surface area contributed by atoms with Gasteiger partial charge in [0, 0.05) is 38.7 Å². The number of ether oxygens (including phenoxy) is 3. The summed E-state index contributed by atoms with van der Waals surface area (Å²) in [5.74, 6) is 0.268. The molecule has 2 heterocycles. The van der Waals surface area contributed by atoms with Crippen molar-refractivity contribution in [3.8, 4) is 5.75 Å². The Bertz CT molecular complexity index is 1010. The van der Waals surface area contributed by atoms with Crippen LogP contribution in [-0.4, -0.2) is 41.8 Å². The van der Waals surface area contributed by atoms with E-state index >= 15 is 0 Å². The van der Waals surface area contributed by atoms with E-state index in [9.17, 15) is 9.59 Å². The summed E-state index contributed by atoms with van der Waals surface area (Å²) < 4.78 is 17.0. The lowest BCUT2D eigenvalue weighted by atomic mass is 10.1. The van der Waals surface area contributed by atoms with Crippen molar-refractivity contribution in [3.05, 3.63) is 77.2 Å². The molecule has 1 fully saturated rings. The fraction of sp³-hybridized carbons (Fsp3) is 0.333. The highest BCUT2D eigenvalue weighted by Crippen LogP contribution is 2.35. The molecule has 1 saturated heterocycles. The van der Waals surface area contributed by atoms with E-state index in [1.54, 1.807) is 35.4 Å². The molecule has 2 aliphatic heterocycles. The zero-order valence-electron chi connectivity index (χ0n) is 18.2. The summed E-state index contributed by atoms with van der Waals surface area (Å²) in [4.78, 5) is 26.2. The van der Waals surface area contributed by atoms with Crippen LogP contribution in [-0.2, 0) is 27.4 Å². The van der Waals surface area contributed by atoms with Gasteiger partial charge in [0.1, 0.15) is 17.6 Å². The van der Waals surface area contributed by atoms with Gasteiger partial charge in [-0.05, 0) is 35.4 Å². The average molecular weight is 437 g/mol. The van der Waals surface area contributed by atoms with Gasteiger partial charge in [-0.2, -0.15) is 0 Å². The van der Waals surface area contributed by atoms with Crippen molar-refractivity contribution in [2.45, 2.75) is 38.8 Å². The van der Waals surface area contributed by atoms with Gasteiger partial charge in [-0.1, -0.05) is 24.3 Å². The van der Waals surface area contributed by atoms with Crippen molar-refractivity contribution in [2.24, 2.45) is 5.73 Å². The summed E-state index contributed by atoms with van der Waals surface area (Å²) in [5, 5.41) is 2.88. The first kappa shape index (κ1) is 21.9. The zero-order valence-corrected chi connectivity index (χ0v) is 18.2. The van der Waals surface area contributed by atoms with Crippen LogP contribution in [0.1, 0.15) is 35.3 Å². The molecule has 3 N–H and O–H groups in total. The van der Waals surface area contributed by atoms with Crippen molar-refractivity contribution < 1.29 is 23.8 Å². The molecule has 0 aromatic heterocycles. The molecular formula is C24H27N3O5. The molecule has 2 aliphatic rings. The fourth-order valence-corrected chi connectivity index (χ4v) is 3.58. The third-order valence-corrected chi connectivity index (χ3v) is 5.26. The number of hydrogen-bond acceptors (Lipinski definition) is 6. The van der Waals surface area contributed by atoms with Gasteiger partial charge in [0.15, 0.2) is 6.61 Å². The molecule has 8 nitrogen and oxygen atoms in total. The lowest BCUT2D eigenvalue weighted by molar-refractivity contribution is -0.145. The molecular weight excluding hydrogens is 410 g/mol. The Labute approximate surface area is 186 Å². The van der Waals surface area contributed by atoms with E-state index in [-0.39, 0.29) is 24.5 Å². The molecule has 0 radical (unpaired) electrons. The first-order valence-corrected chi connectivity index (χ1v) is 10.5. The number of fused-ring (bicyclic) bond motifs is 1. The third-order valence-electron chi connectivity index (χ3n) is 5.26. The Balaban J connectivity index is 1.23. The highest BCUT2D eigenvalue weighted by atomic mass is 16.7. The van der Waals surface area contributed by atoms with Gasteiger partial charge < -0.3 is 30.2 Å². The van der Waals surface area contributed by atoms with Crippen LogP contribution in [0.25, 0.3) is 0 Å². The van der Waals surface area contributed by atoms with E-state index < -0.39 is 5.79 Å². The minimum atomic E-state index is -0.654. The molecule has 0 spiro atoms. The van der Waals surface area contributed by atoms with Gasteiger partial charge in [-0.15, -0.1) is 0 Å². The molecule has 1 atom stereocenters. The summed E-state index contributed by atoms with van der Waals surface area (Å²) in [6.07, 6.45) is 1.46. The number of hydrogen-bond donors (Lipinski definition) is 2. The lowest BCUT2D eigenvalue weighted by Crippen LogP contribution is -2.34. The number of carbonyl (C=O) groups excluding carboxylic acids is 2. The van der Waals surface area contributed by atoms with E-state index in [0.717, 1.165) is 11.1 Å². The third kappa shape index (κ3) is 5.09. The van der Waals surface area contributed by atoms with Gasteiger partial charge in [-0.3, -0.25) is 9.59 Å². The van der Waals surface area contributed by atoms with Gasteiger partial charge in [0.05, 0.1) is 6.54 Å². The number of benzene rings is 2. The topological polar surface area (TPSA) is 103 Å². The van der Waals surface area contributed by atoms with E-state index in [1.165, 1.54) is 0 Å². The van der Waals surface area contributed by atoms with Crippen LogP contribution in [0.15, 0.2) is 60.5 Å². The number of nitrogens with two attached hydrogens (primary N) is 1. The summed E-state index contributed by atoms with van der Waals surface area (Å²) in [6, 6.07) is 14.4. The molecule has 2 aromatic rings. The molecule has 32 heavy (non-hydrogen) atoms. The molecule has 8 heteroatoms. The largest absolute Gasteiger partial charge is 0.484 e. The fourth-order valence-electron chi connectivity index (χ4n) is 3.58. The highest BCUT2D eigenvalue weighted by molar-refractivity contribution is 5.94. The zero-order chi connectivity index (χ0) is 22.7. The van der Waals surface area contributed by atoms with E-state index in [0.29, 0.717) is 36.7 Å². The van der Waals surface area contributed by atoms with E-state index in [4.69, 9.17) is 19.9 Å². The SMILES string of the molecule is CC1(C)OC2=CN(C(=O)COc3ccc(CNC(=O)c4ccc(CN)cc4)cc3)C[C@H]2O1. The Kier molecular flexibility index (Phi) is 6.16. The summed E-state index contributed by atoms with van der Waals surface area (Å²) >= 11 is 0. The number of amides is 2. The predicted octanol–water partition coefficient (Wildman–Crippen LogP) is 2.29. The first-order chi connectivity index (χ1) is 15.3. The second kappa shape index (κ2) is 9.02. The Morgan fingerprint density at radius 2 is 1.81 bits per heavy atom. The molecule has 0 aliphatic carbocycles. The molecule has 0 saturated carbocycles. The Hall–Kier alpha value is -3.36. The second-order valence-corrected chi connectivity index (χ2v) is 8.20. The molecule has 2 aromatic carbocycles. The molecule has 2 amide bonds. The van der Waals surface area contributed by atoms with Crippen LogP contribution in [0.4, 0.5) is 0 Å². The second-order valence-electron chi connectivity index (χ2n) is 8.20. The Morgan fingerprint density at radius 1 is 1.12 bits per heavy atom. The van der Waals surface area contributed by atoms with Crippen LogP contribution in [0.3, 0.4) is 0 Å². The first-order valence-electron chi connectivity index (χ1n) is 10.5. The normalized spacial score (nSPS) is 18.5. The average Bonchev–Trinajstić information content (AvgIpc) is 3.30. The van der Waals surface area contributed by atoms with Gasteiger partial charge in [0.25, 0.3) is 11.8 Å². The van der Waals surface area contributed by atoms with Gasteiger partial charge >= 0.3 is 0 Å². The monoisotopic (exact) mass is 437 g/mol. The molecule has 0 unspecified atom stereocenters. The summed E-state index contributed by atoms with van der Waals surface area (Å²) in [7, 11) is 0. The molecule has 168 valence electrons. The van der Waals surface area contributed by atoms with Gasteiger partial charge in [-0.25, -0.2) is 0 Å². The predicted molar refractivity (Wildman–Crippen MR) is 117 cm³/mol. The maximum absolute atomic E-state index is 12.4. The quantitative estimate of drug-likeness (QED) is 0.689. The van der Waals surface area contributed by atoms with Crippen LogP contribution >= 0.6 is 0 Å². The van der Waals surface area contributed by atoms with Crippen molar-refractivity contribution in [2.75, 3.05) is 13.2 Å². The maximum Gasteiger partial charge on any atom is 0.264 e. The van der Waals surface area contributed by atoms with Crippen LogP contribution in [0.5, 0.6) is 5.75 Å². The van der Waals surface area contributed by atoms with Crippen molar-refractivity contribution >= 4 is 11.8 Å². The number of nitrogens with one attached hydrogen (secondary N) is 1. The summed E-state index contributed by atoms with van der Waals surface area (Å²) in [5.41, 5.74) is 8.06. The maximum atomic E-state index is 12.4.